The number of para-hydroxylation sites is 3. The second-order valence-electron chi connectivity index (χ2n) is 7.25. The predicted molar refractivity (Wildman–Crippen MR) is 153 cm³/mol. The fourth-order valence-electron chi connectivity index (χ4n) is 3.12. The Morgan fingerprint density at radius 1 is 0.757 bits per heavy atom. The van der Waals surface area contributed by atoms with E-state index >= 15 is 0 Å². The van der Waals surface area contributed by atoms with Crippen molar-refractivity contribution >= 4 is 59.0 Å². The number of fused-ring (bicyclic) bond motifs is 2. The van der Waals surface area contributed by atoms with Crippen molar-refractivity contribution in [3.8, 4) is 11.6 Å². The maximum atomic E-state index is 5.92. The van der Waals surface area contributed by atoms with Crippen molar-refractivity contribution in [2.45, 2.75) is 20.8 Å². The molecular formula is C24H29N3O6P2S2. The SMILES string of the molecule is CCOP(=S)(OCC)Oc1cc(C)nc2ccccc12.COP(=S)(OC)Oc1cnc2ccccc2n1. The molecule has 4 aromatic rings. The van der Waals surface area contributed by atoms with Gasteiger partial charge in [-0.1, -0.05) is 24.3 Å². The molecule has 0 radical (unpaired) electrons. The Bertz CT molecular complexity index is 1420. The van der Waals surface area contributed by atoms with E-state index in [4.69, 9.17) is 50.8 Å². The molecule has 0 bridgehead atoms. The van der Waals surface area contributed by atoms with E-state index in [0.29, 0.717) is 24.8 Å². The standard InChI is InChI=1S/C14H18NO3PS.C10H11N2O3PS/c1-4-16-19(20,17-5-2)18-14-10-11(3)15-13-9-7-6-8-12(13)14;1-13-16(17,14-2)15-10-7-11-8-5-3-4-6-9(8)12-10/h6-10H,4-5H2,1-3H3;3-7H,1-2H3. The quantitative estimate of drug-likeness (QED) is 0.186. The van der Waals surface area contributed by atoms with Gasteiger partial charge in [-0.15, -0.1) is 0 Å². The largest absolute Gasteiger partial charge is 0.423 e. The van der Waals surface area contributed by atoms with Crippen LogP contribution in [0.1, 0.15) is 19.5 Å². The van der Waals surface area contributed by atoms with Gasteiger partial charge in [-0.3, -0.25) is 14.0 Å². The van der Waals surface area contributed by atoms with E-state index in [2.05, 4.69) is 15.0 Å². The summed E-state index contributed by atoms with van der Waals surface area (Å²) < 4.78 is 32.4. The van der Waals surface area contributed by atoms with Crippen LogP contribution in [0, 0.1) is 6.92 Å². The monoisotopic (exact) mass is 581 g/mol. The number of benzene rings is 2. The number of hydrogen-bond donors (Lipinski definition) is 0. The Hall–Kier alpha value is -2.07. The molecule has 0 atom stereocenters. The number of aromatic nitrogens is 3. The molecule has 0 aliphatic heterocycles. The number of nitrogens with zero attached hydrogens (tertiary/aromatic N) is 3. The van der Waals surface area contributed by atoms with E-state index in [1.165, 1.54) is 20.4 Å². The van der Waals surface area contributed by atoms with Crippen LogP contribution in [0.25, 0.3) is 21.9 Å². The first kappa shape index (κ1) is 29.5. The summed E-state index contributed by atoms with van der Waals surface area (Å²) in [6, 6.07) is 17.1. The van der Waals surface area contributed by atoms with Crippen LogP contribution in [-0.4, -0.2) is 42.4 Å². The summed E-state index contributed by atoms with van der Waals surface area (Å²) in [6.07, 6.45) is 1.50. The van der Waals surface area contributed by atoms with E-state index in [0.717, 1.165) is 27.6 Å². The highest BCUT2D eigenvalue weighted by atomic mass is 32.5. The molecule has 2 aromatic carbocycles. The lowest BCUT2D eigenvalue weighted by Crippen LogP contribution is -2.03. The highest BCUT2D eigenvalue weighted by Gasteiger charge is 2.23. The highest BCUT2D eigenvalue weighted by molar-refractivity contribution is 8.08. The van der Waals surface area contributed by atoms with Gasteiger partial charge in [-0.25, -0.2) is 9.97 Å². The molecule has 0 saturated carbocycles. The third-order valence-corrected chi connectivity index (χ3v) is 9.52. The minimum atomic E-state index is -2.76. The molecule has 2 aromatic heterocycles. The summed E-state index contributed by atoms with van der Waals surface area (Å²) in [7, 11) is 2.89. The van der Waals surface area contributed by atoms with Crippen molar-refractivity contribution < 1.29 is 27.1 Å². The number of hydrogen-bond acceptors (Lipinski definition) is 11. The van der Waals surface area contributed by atoms with Gasteiger partial charge in [0.15, 0.2) is 0 Å². The van der Waals surface area contributed by atoms with Gasteiger partial charge in [0.2, 0.25) is 5.88 Å². The number of pyridine rings is 1. The highest BCUT2D eigenvalue weighted by Crippen LogP contribution is 2.51. The molecular weight excluding hydrogens is 552 g/mol. The zero-order valence-electron chi connectivity index (χ0n) is 21.2. The molecule has 0 amide bonds. The lowest BCUT2D eigenvalue weighted by molar-refractivity contribution is 0.218. The van der Waals surface area contributed by atoms with Crippen LogP contribution in [-0.2, 0) is 41.7 Å². The van der Waals surface area contributed by atoms with E-state index in [9.17, 15) is 0 Å². The van der Waals surface area contributed by atoms with Gasteiger partial charge in [0, 0.05) is 55.0 Å². The zero-order valence-corrected chi connectivity index (χ0v) is 24.6. The van der Waals surface area contributed by atoms with Crippen LogP contribution in [0.2, 0.25) is 0 Å². The molecule has 0 saturated heterocycles. The first-order valence-corrected chi connectivity index (χ1v) is 16.4. The van der Waals surface area contributed by atoms with E-state index in [-0.39, 0.29) is 0 Å². The summed E-state index contributed by atoms with van der Waals surface area (Å²) in [6.45, 7) is 1.07. The molecule has 0 unspecified atom stereocenters. The normalized spacial score (nSPS) is 11.7. The van der Waals surface area contributed by atoms with Gasteiger partial charge >= 0.3 is 13.4 Å². The van der Waals surface area contributed by atoms with Crippen LogP contribution >= 0.6 is 13.4 Å². The summed E-state index contributed by atoms with van der Waals surface area (Å²) in [5.41, 5.74) is 3.27. The van der Waals surface area contributed by atoms with Gasteiger partial charge in [-0.2, -0.15) is 0 Å². The topological polar surface area (TPSA) is 94.1 Å². The predicted octanol–water partition coefficient (Wildman–Crippen LogP) is 6.75. The van der Waals surface area contributed by atoms with Crippen molar-refractivity contribution in [3.05, 3.63) is 66.5 Å². The van der Waals surface area contributed by atoms with Crippen LogP contribution in [0.4, 0.5) is 0 Å². The van der Waals surface area contributed by atoms with E-state index < -0.39 is 13.4 Å². The lowest BCUT2D eigenvalue weighted by atomic mass is 10.2. The Labute approximate surface area is 227 Å². The fourth-order valence-corrected chi connectivity index (χ4v) is 6.04. The zero-order chi connectivity index (χ0) is 26.9. The molecule has 0 spiro atoms. The average molecular weight is 582 g/mol. The third-order valence-electron chi connectivity index (χ3n) is 4.67. The van der Waals surface area contributed by atoms with E-state index in [1.807, 2.05) is 75.4 Å². The van der Waals surface area contributed by atoms with Crippen molar-refractivity contribution in [2.75, 3.05) is 27.4 Å². The molecule has 198 valence electrons. The minimum absolute atomic E-state index is 0.302. The van der Waals surface area contributed by atoms with Gasteiger partial charge < -0.3 is 18.1 Å². The van der Waals surface area contributed by atoms with Gasteiger partial charge in [0.25, 0.3) is 0 Å². The average Bonchev–Trinajstić information content (AvgIpc) is 2.89. The molecule has 0 fully saturated rings. The summed E-state index contributed by atoms with van der Waals surface area (Å²) in [5, 5.41) is 0.909. The first-order valence-electron chi connectivity index (χ1n) is 11.3. The molecule has 9 nitrogen and oxygen atoms in total. The van der Waals surface area contributed by atoms with Crippen LogP contribution in [0.15, 0.2) is 60.8 Å². The fraction of sp³-hybridized carbons (Fsp3) is 0.292. The maximum Gasteiger partial charge on any atom is 0.381 e. The Morgan fingerprint density at radius 2 is 1.35 bits per heavy atom. The Morgan fingerprint density at radius 3 is 1.97 bits per heavy atom. The first-order chi connectivity index (χ1) is 17.7. The minimum Gasteiger partial charge on any atom is -0.423 e. The molecule has 0 aliphatic rings. The third kappa shape index (κ3) is 8.21. The Kier molecular flexibility index (Phi) is 10.9. The van der Waals surface area contributed by atoms with Crippen LogP contribution in [0.3, 0.4) is 0 Å². The van der Waals surface area contributed by atoms with Crippen molar-refractivity contribution in [1.82, 2.24) is 15.0 Å². The number of rotatable bonds is 10. The summed E-state index contributed by atoms with van der Waals surface area (Å²) in [4.78, 5) is 13.0. The van der Waals surface area contributed by atoms with Gasteiger partial charge in [0.1, 0.15) is 5.75 Å². The summed E-state index contributed by atoms with van der Waals surface area (Å²) >= 11 is 10.5. The molecule has 4 rings (SSSR count). The molecule has 2 heterocycles. The summed E-state index contributed by atoms with van der Waals surface area (Å²) in [5.74, 6) is 0.967. The molecule has 0 N–H and O–H groups in total. The van der Waals surface area contributed by atoms with Crippen LogP contribution < -0.4 is 9.05 Å². The van der Waals surface area contributed by atoms with Crippen molar-refractivity contribution in [2.24, 2.45) is 0 Å². The van der Waals surface area contributed by atoms with Crippen LogP contribution in [0.5, 0.6) is 11.6 Å². The van der Waals surface area contributed by atoms with Crippen molar-refractivity contribution in [1.29, 1.82) is 0 Å². The molecule has 13 heteroatoms. The molecule has 0 aliphatic carbocycles. The van der Waals surface area contributed by atoms with E-state index in [1.54, 1.807) is 0 Å². The Balaban J connectivity index is 0.000000208. The second-order valence-corrected chi connectivity index (χ2v) is 13.3. The maximum absolute atomic E-state index is 5.92. The second kappa shape index (κ2) is 13.6. The van der Waals surface area contributed by atoms with Gasteiger partial charge in [-0.05, 0) is 45.0 Å². The smallest absolute Gasteiger partial charge is 0.381 e. The number of aryl methyl sites for hydroxylation is 1. The molecule has 37 heavy (non-hydrogen) atoms. The van der Waals surface area contributed by atoms with Crippen molar-refractivity contribution in [3.63, 3.8) is 0 Å². The lowest BCUT2D eigenvalue weighted by Gasteiger charge is -2.22. The van der Waals surface area contributed by atoms with Gasteiger partial charge in [0.05, 0.1) is 36.0 Å².